The third-order valence-electron chi connectivity index (χ3n) is 4.20. The monoisotopic (exact) mass is 450 g/mol. The van der Waals surface area contributed by atoms with Crippen LogP contribution in [0.5, 0.6) is 0 Å². The smallest absolute Gasteiger partial charge is 0.423 e. The molecule has 0 fully saturated rings. The Morgan fingerprint density at radius 1 is 1.00 bits per heavy atom. The lowest BCUT2D eigenvalue weighted by molar-refractivity contribution is -0.143. The van der Waals surface area contributed by atoms with Gasteiger partial charge in [-0.3, -0.25) is 0 Å². The number of hydrogen-bond donors (Lipinski definition) is 2. The van der Waals surface area contributed by atoms with Crippen LogP contribution in [-0.2, 0) is 22.3 Å². The number of alkyl halides is 7. The molecule has 0 amide bonds. The highest BCUT2D eigenvalue weighted by Gasteiger charge is 2.44. The molecule has 0 heterocycles. The van der Waals surface area contributed by atoms with Crippen LogP contribution >= 0.6 is 15.9 Å². The van der Waals surface area contributed by atoms with E-state index in [2.05, 4.69) is 15.9 Å². The van der Waals surface area contributed by atoms with Crippen LogP contribution < -0.4 is 5.46 Å². The average Bonchev–Trinajstić information content (AvgIpc) is 2.41. The molecule has 3 nitrogen and oxygen atoms in total. The van der Waals surface area contributed by atoms with Crippen LogP contribution in [0.25, 0.3) is 0 Å². The van der Waals surface area contributed by atoms with Crippen molar-refractivity contribution in [3.8, 4) is 0 Å². The second-order valence-electron chi connectivity index (χ2n) is 6.76. The molecule has 1 aromatic carbocycles. The lowest BCUT2D eigenvalue weighted by Gasteiger charge is -2.38. The Morgan fingerprint density at radius 3 is 1.85 bits per heavy atom. The van der Waals surface area contributed by atoms with E-state index in [0.29, 0.717) is 6.07 Å². The molecule has 26 heavy (non-hydrogen) atoms. The topological polar surface area (TPSA) is 49.7 Å². The van der Waals surface area contributed by atoms with Gasteiger partial charge in [-0.2, -0.15) is 26.3 Å². The fourth-order valence-corrected chi connectivity index (χ4v) is 2.59. The van der Waals surface area contributed by atoms with Crippen molar-refractivity contribution in [3.63, 3.8) is 0 Å². The van der Waals surface area contributed by atoms with Gasteiger partial charge in [0.2, 0.25) is 0 Å². The first-order valence-electron chi connectivity index (χ1n) is 7.37. The minimum absolute atomic E-state index is 0.00602. The molecular weight excluding hydrogens is 433 g/mol. The van der Waals surface area contributed by atoms with Crippen LogP contribution in [0.3, 0.4) is 0 Å². The van der Waals surface area contributed by atoms with Crippen molar-refractivity contribution in [2.45, 2.75) is 56.6 Å². The van der Waals surface area contributed by atoms with E-state index in [0.717, 1.165) is 0 Å². The molecule has 148 valence electrons. The summed E-state index contributed by atoms with van der Waals surface area (Å²) >= 11 is 2.82. The highest BCUT2D eigenvalue weighted by Crippen LogP contribution is 2.37. The maximum atomic E-state index is 13.2. The summed E-state index contributed by atoms with van der Waals surface area (Å²) in [6, 6.07) is 0.408. The number of aliphatic hydroxyl groups is 1. The van der Waals surface area contributed by atoms with Gasteiger partial charge in [0.1, 0.15) is 0 Å². The van der Waals surface area contributed by atoms with Gasteiger partial charge < -0.3 is 14.8 Å². The number of halogens is 7. The Hall–Kier alpha value is -0.775. The Balaban J connectivity index is 3.58. The third kappa shape index (κ3) is 5.14. The van der Waals surface area contributed by atoms with Crippen LogP contribution in [0, 0.1) is 0 Å². The molecule has 0 aliphatic heterocycles. The number of rotatable bonds is 5. The summed E-state index contributed by atoms with van der Waals surface area (Å²) in [5.74, 6) is 0. The van der Waals surface area contributed by atoms with Crippen molar-refractivity contribution in [1.29, 1.82) is 0 Å². The SMILES string of the molecule is CC(C)(O)C(C)(C)OB(O)c1cc(C(F)(F)F)cc(C(F)(F)F)c1CBr. The molecule has 0 unspecified atom stereocenters. The van der Waals surface area contributed by atoms with Crippen LogP contribution in [0.2, 0.25) is 0 Å². The van der Waals surface area contributed by atoms with E-state index in [1.54, 1.807) is 0 Å². The van der Waals surface area contributed by atoms with Crippen molar-refractivity contribution >= 4 is 28.5 Å². The zero-order valence-electron chi connectivity index (χ0n) is 14.4. The van der Waals surface area contributed by atoms with E-state index in [1.165, 1.54) is 27.7 Å². The summed E-state index contributed by atoms with van der Waals surface area (Å²) in [6.07, 6.45) is -10.1. The van der Waals surface area contributed by atoms with Gasteiger partial charge in [-0.15, -0.1) is 0 Å². The number of hydrogen-bond acceptors (Lipinski definition) is 3. The summed E-state index contributed by atoms with van der Waals surface area (Å²) in [7, 11) is -2.12. The van der Waals surface area contributed by atoms with E-state index in [1.807, 2.05) is 0 Å². The molecule has 0 saturated carbocycles. The second kappa shape index (κ2) is 7.33. The number of benzene rings is 1. The molecule has 1 rings (SSSR count). The van der Waals surface area contributed by atoms with E-state index in [9.17, 15) is 36.5 Å². The van der Waals surface area contributed by atoms with Crippen molar-refractivity contribution in [2.24, 2.45) is 0 Å². The summed E-state index contributed by atoms with van der Waals surface area (Å²) in [4.78, 5) is 0. The summed E-state index contributed by atoms with van der Waals surface area (Å²) in [5, 5.41) is 19.8. The van der Waals surface area contributed by atoms with Gasteiger partial charge in [0.05, 0.1) is 22.3 Å². The molecule has 11 heteroatoms. The first-order valence-corrected chi connectivity index (χ1v) is 8.49. The van der Waals surface area contributed by atoms with Crippen molar-refractivity contribution in [1.82, 2.24) is 0 Å². The standard InChI is InChI=1S/C15H18BBrF6O3/c1-12(2,24)13(3,4)26-16(25)11-6-8(14(18,19)20)5-10(9(11)7-17)15(21,22)23/h5-6,24-25H,7H2,1-4H3. The first-order chi connectivity index (χ1) is 11.4. The van der Waals surface area contributed by atoms with E-state index in [-0.39, 0.29) is 6.07 Å². The maximum Gasteiger partial charge on any atom is 0.491 e. The minimum atomic E-state index is -5.06. The molecule has 0 aliphatic carbocycles. The summed E-state index contributed by atoms with van der Waals surface area (Å²) in [5.41, 5.74) is -7.35. The largest absolute Gasteiger partial charge is 0.491 e. The van der Waals surface area contributed by atoms with Crippen LogP contribution in [0.1, 0.15) is 44.4 Å². The molecule has 0 bridgehead atoms. The highest BCUT2D eigenvalue weighted by molar-refractivity contribution is 9.08. The van der Waals surface area contributed by atoms with Gasteiger partial charge in [-0.25, -0.2) is 0 Å². The van der Waals surface area contributed by atoms with Crippen LogP contribution in [-0.4, -0.2) is 28.5 Å². The minimum Gasteiger partial charge on any atom is -0.423 e. The molecule has 0 aromatic heterocycles. The van der Waals surface area contributed by atoms with Crippen molar-refractivity contribution in [2.75, 3.05) is 0 Å². The van der Waals surface area contributed by atoms with E-state index in [4.69, 9.17) is 4.65 Å². The fourth-order valence-electron chi connectivity index (χ4n) is 1.97. The molecule has 0 saturated heterocycles. The highest BCUT2D eigenvalue weighted by atomic mass is 79.9. The Labute approximate surface area is 155 Å². The van der Waals surface area contributed by atoms with Crippen molar-refractivity contribution < 1.29 is 41.1 Å². The molecule has 0 radical (unpaired) electrons. The Morgan fingerprint density at radius 2 is 1.50 bits per heavy atom. The predicted octanol–water partition coefficient (Wildman–Crippen LogP) is 3.87. The zero-order chi connectivity index (χ0) is 20.7. The van der Waals surface area contributed by atoms with Crippen molar-refractivity contribution in [3.05, 3.63) is 28.8 Å². The lowest BCUT2D eigenvalue weighted by atomic mass is 9.72. The van der Waals surface area contributed by atoms with Gasteiger partial charge in [0.25, 0.3) is 0 Å². The van der Waals surface area contributed by atoms with E-state index >= 15 is 0 Å². The zero-order valence-corrected chi connectivity index (χ0v) is 16.0. The summed E-state index contributed by atoms with van der Waals surface area (Å²) < 4.78 is 83.9. The quantitative estimate of drug-likeness (QED) is 0.406. The lowest BCUT2D eigenvalue weighted by Crippen LogP contribution is -2.53. The third-order valence-corrected chi connectivity index (χ3v) is 4.76. The molecule has 0 atom stereocenters. The van der Waals surface area contributed by atoms with Crippen LogP contribution in [0.4, 0.5) is 26.3 Å². The van der Waals surface area contributed by atoms with Gasteiger partial charge in [0.15, 0.2) is 0 Å². The molecule has 0 aliphatic rings. The first kappa shape index (κ1) is 23.3. The molecular formula is C15H18BBrF6O3. The maximum absolute atomic E-state index is 13.2. The molecule has 1 aromatic rings. The van der Waals surface area contributed by atoms with E-state index < -0.39 is 58.2 Å². The Kier molecular flexibility index (Phi) is 6.56. The molecule has 0 spiro atoms. The summed E-state index contributed by atoms with van der Waals surface area (Å²) in [6.45, 7) is 5.36. The van der Waals surface area contributed by atoms with Gasteiger partial charge in [-0.05, 0) is 50.9 Å². The Bertz CT molecular complexity index is 652. The second-order valence-corrected chi connectivity index (χ2v) is 7.32. The fraction of sp³-hybridized carbons (Fsp3) is 0.600. The van der Waals surface area contributed by atoms with Gasteiger partial charge in [0, 0.05) is 5.33 Å². The predicted molar refractivity (Wildman–Crippen MR) is 88.1 cm³/mol. The van der Waals surface area contributed by atoms with Gasteiger partial charge in [-0.1, -0.05) is 15.9 Å². The normalized spacial score (nSPS) is 13.9. The molecule has 2 N–H and O–H groups in total. The average molecular weight is 451 g/mol. The van der Waals surface area contributed by atoms with Gasteiger partial charge >= 0.3 is 19.5 Å². The van der Waals surface area contributed by atoms with Crippen LogP contribution in [0.15, 0.2) is 12.1 Å².